The SMILES string of the molecule is O=C(NCc1ccc(F)cc1)N1CCCC(c2nnnn2-c2ccccc2)C1. The third-order valence-corrected chi connectivity index (χ3v) is 4.93. The molecule has 1 unspecified atom stereocenters. The molecule has 0 spiro atoms. The normalized spacial score (nSPS) is 16.8. The summed E-state index contributed by atoms with van der Waals surface area (Å²) in [4.78, 5) is 14.4. The summed E-state index contributed by atoms with van der Waals surface area (Å²) >= 11 is 0. The van der Waals surface area contributed by atoms with Gasteiger partial charge < -0.3 is 10.2 Å². The number of halogens is 1. The van der Waals surface area contributed by atoms with Crippen LogP contribution in [0.25, 0.3) is 5.69 Å². The number of nitrogens with zero attached hydrogens (tertiary/aromatic N) is 5. The van der Waals surface area contributed by atoms with Crippen LogP contribution < -0.4 is 5.32 Å². The number of hydrogen-bond donors (Lipinski definition) is 1. The highest BCUT2D eigenvalue weighted by Crippen LogP contribution is 2.26. The van der Waals surface area contributed by atoms with Gasteiger partial charge in [0, 0.05) is 25.6 Å². The molecule has 8 heteroatoms. The van der Waals surface area contributed by atoms with Gasteiger partial charge in [-0.2, -0.15) is 4.68 Å². The molecule has 0 aliphatic carbocycles. The van der Waals surface area contributed by atoms with Crippen LogP contribution in [0.3, 0.4) is 0 Å². The Morgan fingerprint density at radius 2 is 1.93 bits per heavy atom. The number of benzene rings is 2. The fourth-order valence-electron chi connectivity index (χ4n) is 3.47. The molecular formula is C20H21FN6O. The standard InChI is InChI=1S/C20H21FN6O/c21-17-10-8-15(9-11-17)13-22-20(28)26-12-4-5-16(14-26)19-23-24-25-27(19)18-6-2-1-3-7-18/h1-3,6-11,16H,4-5,12-14H2,(H,22,28). The van der Waals surface area contributed by atoms with Gasteiger partial charge in [0.25, 0.3) is 0 Å². The topological polar surface area (TPSA) is 75.9 Å². The summed E-state index contributed by atoms with van der Waals surface area (Å²) in [6.45, 7) is 1.61. The number of rotatable bonds is 4. The van der Waals surface area contributed by atoms with Gasteiger partial charge in [0.1, 0.15) is 5.82 Å². The van der Waals surface area contributed by atoms with Crippen LogP contribution in [0.5, 0.6) is 0 Å². The molecule has 0 bridgehead atoms. The van der Waals surface area contributed by atoms with Crippen molar-refractivity contribution in [1.29, 1.82) is 0 Å². The number of nitrogens with one attached hydrogen (secondary N) is 1. The Morgan fingerprint density at radius 3 is 2.71 bits per heavy atom. The van der Waals surface area contributed by atoms with Crippen LogP contribution in [0.2, 0.25) is 0 Å². The smallest absolute Gasteiger partial charge is 0.317 e. The summed E-state index contributed by atoms with van der Waals surface area (Å²) in [7, 11) is 0. The highest BCUT2D eigenvalue weighted by Gasteiger charge is 2.28. The van der Waals surface area contributed by atoms with E-state index in [9.17, 15) is 9.18 Å². The van der Waals surface area contributed by atoms with Crippen molar-refractivity contribution in [3.8, 4) is 5.69 Å². The Morgan fingerprint density at radius 1 is 1.14 bits per heavy atom. The molecule has 2 heterocycles. The van der Waals surface area contributed by atoms with Gasteiger partial charge in [0.15, 0.2) is 5.82 Å². The monoisotopic (exact) mass is 380 g/mol. The Balaban J connectivity index is 1.41. The minimum atomic E-state index is -0.287. The van der Waals surface area contributed by atoms with Crippen molar-refractivity contribution in [2.45, 2.75) is 25.3 Å². The second-order valence-corrected chi connectivity index (χ2v) is 6.85. The molecule has 2 aromatic carbocycles. The Labute approximate surface area is 162 Å². The van der Waals surface area contributed by atoms with Gasteiger partial charge in [0.05, 0.1) is 5.69 Å². The predicted octanol–water partition coefficient (Wildman–Crippen LogP) is 2.89. The number of tetrazole rings is 1. The maximum absolute atomic E-state index is 13.0. The quantitative estimate of drug-likeness (QED) is 0.755. The lowest BCUT2D eigenvalue weighted by molar-refractivity contribution is 0.177. The van der Waals surface area contributed by atoms with Gasteiger partial charge in [-0.1, -0.05) is 30.3 Å². The van der Waals surface area contributed by atoms with Gasteiger partial charge in [-0.15, -0.1) is 5.10 Å². The van der Waals surface area contributed by atoms with E-state index in [2.05, 4.69) is 20.8 Å². The van der Waals surface area contributed by atoms with Crippen LogP contribution in [-0.4, -0.2) is 44.2 Å². The molecule has 7 nitrogen and oxygen atoms in total. The van der Waals surface area contributed by atoms with Crippen molar-refractivity contribution >= 4 is 6.03 Å². The van der Waals surface area contributed by atoms with Crippen LogP contribution in [0.1, 0.15) is 30.1 Å². The molecule has 0 radical (unpaired) electrons. The second kappa shape index (κ2) is 8.16. The summed E-state index contributed by atoms with van der Waals surface area (Å²) in [5.41, 5.74) is 1.76. The van der Waals surface area contributed by atoms with E-state index in [1.165, 1.54) is 12.1 Å². The summed E-state index contributed by atoms with van der Waals surface area (Å²) in [6, 6.07) is 15.7. The third kappa shape index (κ3) is 4.00. The van der Waals surface area contributed by atoms with E-state index in [0.29, 0.717) is 19.6 Å². The lowest BCUT2D eigenvalue weighted by Crippen LogP contribution is -2.45. The van der Waals surface area contributed by atoms with Crippen LogP contribution in [0.15, 0.2) is 54.6 Å². The zero-order chi connectivity index (χ0) is 19.3. The Kier molecular flexibility index (Phi) is 5.27. The molecule has 1 fully saturated rings. The molecule has 3 aromatic rings. The maximum Gasteiger partial charge on any atom is 0.317 e. The average Bonchev–Trinajstić information content (AvgIpc) is 3.24. The highest BCUT2D eigenvalue weighted by atomic mass is 19.1. The van der Waals surface area contributed by atoms with Crippen LogP contribution in [0.4, 0.5) is 9.18 Å². The number of aromatic nitrogens is 4. The van der Waals surface area contributed by atoms with Gasteiger partial charge >= 0.3 is 6.03 Å². The molecule has 2 amide bonds. The first kappa shape index (κ1) is 18.1. The number of para-hydroxylation sites is 1. The first-order chi connectivity index (χ1) is 13.7. The lowest BCUT2D eigenvalue weighted by atomic mass is 9.97. The Hall–Kier alpha value is -3.29. The molecule has 0 saturated carbocycles. The molecule has 1 N–H and O–H groups in total. The summed E-state index contributed by atoms with van der Waals surface area (Å²) in [6.07, 6.45) is 1.81. The summed E-state index contributed by atoms with van der Waals surface area (Å²) < 4.78 is 14.7. The molecule has 4 rings (SSSR count). The van der Waals surface area contributed by atoms with Gasteiger partial charge in [-0.05, 0) is 53.1 Å². The highest BCUT2D eigenvalue weighted by molar-refractivity contribution is 5.74. The van der Waals surface area contributed by atoms with Crippen LogP contribution in [-0.2, 0) is 6.54 Å². The maximum atomic E-state index is 13.0. The van der Waals surface area contributed by atoms with Crippen molar-refractivity contribution in [3.63, 3.8) is 0 Å². The first-order valence-electron chi connectivity index (χ1n) is 9.31. The van der Waals surface area contributed by atoms with Gasteiger partial charge in [-0.25, -0.2) is 9.18 Å². The van der Waals surface area contributed by atoms with Crippen LogP contribution in [0, 0.1) is 5.82 Å². The van der Waals surface area contributed by atoms with E-state index in [-0.39, 0.29) is 17.8 Å². The van der Waals surface area contributed by atoms with E-state index < -0.39 is 0 Å². The number of piperidine rings is 1. The number of carbonyl (C=O) groups excluding carboxylic acids is 1. The van der Waals surface area contributed by atoms with Gasteiger partial charge in [-0.3, -0.25) is 0 Å². The summed E-state index contributed by atoms with van der Waals surface area (Å²) in [5.74, 6) is 0.549. The molecule has 1 atom stereocenters. The van der Waals surface area contributed by atoms with Crippen molar-refractivity contribution in [2.24, 2.45) is 0 Å². The van der Waals surface area contributed by atoms with E-state index >= 15 is 0 Å². The number of urea groups is 1. The summed E-state index contributed by atoms with van der Waals surface area (Å²) in [5, 5.41) is 15.1. The second-order valence-electron chi connectivity index (χ2n) is 6.85. The molecular weight excluding hydrogens is 359 g/mol. The largest absolute Gasteiger partial charge is 0.334 e. The number of amides is 2. The minimum absolute atomic E-state index is 0.0699. The van der Waals surface area contributed by atoms with Gasteiger partial charge in [0.2, 0.25) is 0 Å². The third-order valence-electron chi connectivity index (χ3n) is 4.93. The molecule has 1 aromatic heterocycles. The molecule has 1 saturated heterocycles. The van der Waals surface area contributed by atoms with E-state index in [1.54, 1.807) is 21.7 Å². The molecule has 1 aliphatic heterocycles. The minimum Gasteiger partial charge on any atom is -0.334 e. The zero-order valence-electron chi connectivity index (χ0n) is 15.3. The fourth-order valence-corrected chi connectivity index (χ4v) is 3.47. The number of hydrogen-bond acceptors (Lipinski definition) is 4. The molecule has 1 aliphatic rings. The molecule has 28 heavy (non-hydrogen) atoms. The van der Waals surface area contributed by atoms with E-state index in [1.807, 2.05) is 30.3 Å². The van der Waals surface area contributed by atoms with E-state index in [0.717, 1.165) is 29.9 Å². The first-order valence-corrected chi connectivity index (χ1v) is 9.31. The zero-order valence-corrected chi connectivity index (χ0v) is 15.3. The molecule has 144 valence electrons. The van der Waals surface area contributed by atoms with E-state index in [4.69, 9.17) is 0 Å². The Bertz CT molecular complexity index is 927. The fraction of sp³-hybridized carbons (Fsp3) is 0.300. The lowest BCUT2D eigenvalue weighted by Gasteiger charge is -2.32. The van der Waals surface area contributed by atoms with Crippen molar-refractivity contribution in [3.05, 3.63) is 71.8 Å². The van der Waals surface area contributed by atoms with Crippen molar-refractivity contribution in [1.82, 2.24) is 30.4 Å². The van der Waals surface area contributed by atoms with Crippen molar-refractivity contribution in [2.75, 3.05) is 13.1 Å². The average molecular weight is 380 g/mol. The number of likely N-dealkylation sites (tertiary alicyclic amines) is 1. The van der Waals surface area contributed by atoms with Crippen LogP contribution >= 0.6 is 0 Å². The number of carbonyl (C=O) groups is 1. The van der Waals surface area contributed by atoms with Crippen molar-refractivity contribution < 1.29 is 9.18 Å². The predicted molar refractivity (Wildman–Crippen MR) is 101 cm³/mol.